The Bertz CT molecular complexity index is 2350. The van der Waals surface area contributed by atoms with E-state index in [2.05, 4.69) is 117 Å². The van der Waals surface area contributed by atoms with Crippen LogP contribution in [0, 0.1) is 0 Å². The first-order valence-corrected chi connectivity index (χ1v) is 13.2. The molecular formula is C34H21N3O. The Morgan fingerprint density at radius 1 is 0.526 bits per heavy atom. The van der Waals surface area contributed by atoms with Gasteiger partial charge < -0.3 is 18.4 Å². The zero-order chi connectivity index (χ0) is 24.5. The van der Waals surface area contributed by atoms with Crippen LogP contribution in [0.1, 0.15) is 6.04 Å². The van der Waals surface area contributed by atoms with Crippen molar-refractivity contribution in [3.63, 3.8) is 0 Å². The van der Waals surface area contributed by atoms with Crippen molar-refractivity contribution in [1.29, 1.82) is 0 Å². The summed E-state index contributed by atoms with van der Waals surface area (Å²) < 4.78 is 13.6. The van der Waals surface area contributed by atoms with Crippen molar-refractivity contribution in [2.24, 2.45) is 0 Å². The first-order chi connectivity index (χ1) is 18.9. The maximum atomic E-state index is 6.15. The summed E-state index contributed by atoms with van der Waals surface area (Å²) in [6, 6.07) is 37.8. The molecule has 38 heavy (non-hydrogen) atoms. The molecule has 10 rings (SSSR count). The van der Waals surface area contributed by atoms with Crippen LogP contribution in [0.3, 0.4) is 0 Å². The Morgan fingerprint density at radius 2 is 1.16 bits per heavy atom. The molecule has 4 heteroatoms. The molecule has 0 bridgehead atoms. The molecule has 8 aromatic rings. The Morgan fingerprint density at radius 3 is 1.95 bits per heavy atom. The van der Waals surface area contributed by atoms with Gasteiger partial charge in [-0.2, -0.15) is 0 Å². The van der Waals surface area contributed by atoms with E-state index in [1.165, 1.54) is 76.8 Å². The summed E-state index contributed by atoms with van der Waals surface area (Å²) >= 11 is 0. The maximum Gasteiger partial charge on any atom is 0.114 e. The average molecular weight is 488 g/mol. The lowest BCUT2D eigenvalue weighted by atomic mass is 10.0. The maximum absolute atomic E-state index is 6.15. The Kier molecular flexibility index (Phi) is 3.27. The predicted molar refractivity (Wildman–Crippen MR) is 156 cm³/mol. The number of benzene rings is 5. The molecule has 5 aromatic carbocycles. The van der Waals surface area contributed by atoms with E-state index in [9.17, 15) is 0 Å². The van der Waals surface area contributed by atoms with Gasteiger partial charge in [0.2, 0.25) is 0 Å². The van der Waals surface area contributed by atoms with Gasteiger partial charge in [0.1, 0.15) is 18.9 Å². The first-order valence-electron chi connectivity index (χ1n) is 13.2. The van der Waals surface area contributed by atoms with E-state index in [0.717, 1.165) is 0 Å². The third-order valence-electron chi connectivity index (χ3n) is 8.78. The van der Waals surface area contributed by atoms with E-state index < -0.39 is 0 Å². The van der Waals surface area contributed by atoms with Gasteiger partial charge in [-0.25, -0.2) is 0 Å². The molecule has 2 aliphatic rings. The second-order valence-corrected chi connectivity index (χ2v) is 10.5. The van der Waals surface area contributed by atoms with Crippen molar-refractivity contribution >= 4 is 71.1 Å². The largest absolute Gasteiger partial charge is 0.497 e. The van der Waals surface area contributed by atoms with Gasteiger partial charge in [-0.3, -0.25) is 0 Å². The molecule has 0 saturated carbocycles. The second kappa shape index (κ2) is 6.48. The smallest absolute Gasteiger partial charge is 0.114 e. The topological polar surface area (TPSA) is 24.0 Å². The molecule has 1 atom stereocenters. The van der Waals surface area contributed by atoms with E-state index in [0.29, 0.717) is 6.61 Å². The number of hydrogen-bond acceptors (Lipinski definition) is 1. The van der Waals surface area contributed by atoms with Gasteiger partial charge in [-0.1, -0.05) is 66.7 Å². The van der Waals surface area contributed by atoms with Gasteiger partial charge in [-0.15, -0.1) is 0 Å². The van der Waals surface area contributed by atoms with Crippen molar-refractivity contribution in [2.75, 3.05) is 6.61 Å². The van der Waals surface area contributed by atoms with Gasteiger partial charge in [0.15, 0.2) is 0 Å². The molecule has 0 aliphatic carbocycles. The number of fused-ring (bicyclic) bond motifs is 9. The van der Waals surface area contributed by atoms with Crippen LogP contribution < -0.4 is 0 Å². The zero-order valence-electron chi connectivity index (χ0n) is 20.4. The van der Waals surface area contributed by atoms with Crippen molar-refractivity contribution < 1.29 is 4.74 Å². The lowest BCUT2D eigenvalue weighted by Crippen LogP contribution is -2.16. The number of ether oxygens (including phenoxy) is 1. The van der Waals surface area contributed by atoms with E-state index >= 15 is 0 Å². The van der Waals surface area contributed by atoms with Crippen LogP contribution in [0.2, 0.25) is 0 Å². The minimum absolute atomic E-state index is 0.0745. The summed E-state index contributed by atoms with van der Waals surface area (Å²) in [6.45, 7) is 0.623. The highest BCUT2D eigenvalue weighted by molar-refractivity contribution is 6.33. The number of nitrogens with zero attached hydrogens (tertiary/aromatic N) is 3. The van der Waals surface area contributed by atoms with Gasteiger partial charge in [0, 0.05) is 43.5 Å². The van der Waals surface area contributed by atoms with E-state index in [1.54, 1.807) is 0 Å². The van der Waals surface area contributed by atoms with Crippen molar-refractivity contribution in [1.82, 2.24) is 13.7 Å². The lowest BCUT2D eigenvalue weighted by Gasteiger charge is -2.22. The molecule has 0 fully saturated rings. The third-order valence-corrected chi connectivity index (χ3v) is 8.78. The molecular weight excluding hydrogens is 466 g/mol. The highest BCUT2D eigenvalue weighted by Crippen LogP contribution is 2.50. The normalized spacial score (nSPS) is 16.4. The quantitative estimate of drug-likeness (QED) is 0.228. The Hall–Kier alpha value is -4.96. The Balaban J connectivity index is 1.61. The van der Waals surface area contributed by atoms with Crippen LogP contribution in [-0.4, -0.2) is 20.3 Å². The zero-order valence-corrected chi connectivity index (χ0v) is 20.4. The van der Waals surface area contributed by atoms with Gasteiger partial charge in [-0.05, 0) is 36.4 Å². The van der Waals surface area contributed by atoms with Crippen LogP contribution in [0.5, 0.6) is 0 Å². The molecule has 178 valence electrons. The summed E-state index contributed by atoms with van der Waals surface area (Å²) in [7, 11) is 0. The number of aromatic nitrogens is 3. The number of rotatable bonds is 1. The third kappa shape index (κ3) is 2.04. The molecule has 1 unspecified atom stereocenters. The Labute approximate surface area is 217 Å². The minimum Gasteiger partial charge on any atom is -0.497 e. The average Bonchev–Trinajstić information content (AvgIpc) is 3.71. The van der Waals surface area contributed by atoms with Crippen molar-refractivity contribution in [2.45, 2.75) is 6.04 Å². The molecule has 2 aliphatic heterocycles. The van der Waals surface area contributed by atoms with Crippen LogP contribution in [0.25, 0.3) is 76.8 Å². The molecule has 3 aromatic heterocycles. The highest BCUT2D eigenvalue weighted by Gasteiger charge is 2.34. The van der Waals surface area contributed by atoms with E-state index in [-0.39, 0.29) is 6.04 Å². The van der Waals surface area contributed by atoms with Crippen molar-refractivity contribution in [3.8, 4) is 5.69 Å². The van der Waals surface area contributed by atoms with E-state index in [1.807, 2.05) is 6.26 Å². The van der Waals surface area contributed by atoms with Gasteiger partial charge >= 0.3 is 0 Å². The molecule has 0 spiro atoms. The van der Waals surface area contributed by atoms with E-state index in [4.69, 9.17) is 4.74 Å². The van der Waals surface area contributed by atoms with Crippen molar-refractivity contribution in [3.05, 3.63) is 109 Å². The molecule has 0 saturated heterocycles. The molecule has 4 nitrogen and oxygen atoms in total. The summed E-state index contributed by atoms with van der Waals surface area (Å²) in [5.74, 6) is 0. The second-order valence-electron chi connectivity index (χ2n) is 10.5. The number of para-hydroxylation sites is 3. The van der Waals surface area contributed by atoms with Crippen LogP contribution in [0.15, 0.2) is 109 Å². The van der Waals surface area contributed by atoms with Crippen LogP contribution >= 0.6 is 0 Å². The monoisotopic (exact) mass is 487 g/mol. The van der Waals surface area contributed by atoms with Gasteiger partial charge in [0.25, 0.3) is 0 Å². The molecule has 0 N–H and O–H groups in total. The summed E-state index contributed by atoms with van der Waals surface area (Å²) in [6.07, 6.45) is 2.00. The van der Waals surface area contributed by atoms with Crippen LogP contribution in [-0.2, 0) is 4.74 Å². The fraction of sp³-hybridized carbons (Fsp3) is 0.0588. The SMILES string of the molecule is C1=C2C(CO1)n1c3ccccc3c3ccc4c(c5c6c(ccc5n4-c4ccccc4)c4ccccc4n62)c31. The highest BCUT2D eigenvalue weighted by atomic mass is 16.5. The summed E-state index contributed by atoms with van der Waals surface area (Å²) in [5, 5.41) is 7.78. The summed E-state index contributed by atoms with van der Waals surface area (Å²) in [5.41, 5.74) is 9.89. The summed E-state index contributed by atoms with van der Waals surface area (Å²) in [4.78, 5) is 0. The van der Waals surface area contributed by atoms with Crippen LogP contribution in [0.4, 0.5) is 0 Å². The minimum atomic E-state index is 0.0745. The van der Waals surface area contributed by atoms with Gasteiger partial charge in [0.05, 0.1) is 33.3 Å². The molecule has 0 amide bonds. The number of hydrogen-bond donors (Lipinski definition) is 0. The molecule has 5 heterocycles. The standard InChI is InChI=1S/C34H21N3O/c1-2-8-20(9-3-1)35-27-16-14-23-21-10-4-6-12-25(21)36-29-18-38-19-30(29)37-26-13-7-5-11-22(26)24-15-17-28(35)32(34(24)37)31(27)33(23)36/h1-18,30H,19H2. The first kappa shape index (κ1) is 19.2. The predicted octanol–water partition coefficient (Wildman–Crippen LogP) is 8.38. The lowest BCUT2D eigenvalue weighted by molar-refractivity contribution is 0.253. The fourth-order valence-corrected chi connectivity index (χ4v) is 7.37. The fourth-order valence-electron chi connectivity index (χ4n) is 7.37. The molecule has 0 radical (unpaired) electrons.